The highest BCUT2D eigenvalue weighted by Gasteiger charge is 2.10. The summed E-state index contributed by atoms with van der Waals surface area (Å²) in [5.41, 5.74) is 2.88. The molecule has 4 aromatic rings. The van der Waals surface area contributed by atoms with Gasteiger partial charge >= 0.3 is 0 Å². The molecule has 0 aliphatic heterocycles. The third kappa shape index (κ3) is 4.70. The van der Waals surface area contributed by atoms with Crippen LogP contribution in [0.2, 0.25) is 0 Å². The lowest BCUT2D eigenvalue weighted by molar-refractivity contribution is 0.626. The summed E-state index contributed by atoms with van der Waals surface area (Å²) in [5, 5.41) is 6.56. The lowest BCUT2D eigenvalue weighted by Gasteiger charge is -2.17. The normalized spacial score (nSPS) is 11.7. The van der Waals surface area contributed by atoms with E-state index in [9.17, 15) is 4.39 Å². The van der Waals surface area contributed by atoms with E-state index in [4.69, 9.17) is 0 Å². The first-order valence-electron chi connectivity index (χ1n) is 9.15. The molecule has 144 valence electrons. The molecular formula is C22H19FN6. The quantitative estimate of drug-likeness (QED) is 0.486. The number of benzene rings is 1. The van der Waals surface area contributed by atoms with E-state index in [-0.39, 0.29) is 11.9 Å². The van der Waals surface area contributed by atoms with Crippen LogP contribution in [-0.4, -0.2) is 19.9 Å². The Hall–Kier alpha value is -3.87. The van der Waals surface area contributed by atoms with E-state index in [1.807, 2.05) is 31.2 Å². The average Bonchev–Trinajstić information content (AvgIpc) is 2.75. The van der Waals surface area contributed by atoms with Crippen LogP contribution in [0.15, 0.2) is 79.5 Å². The molecule has 1 atom stereocenters. The fraction of sp³-hybridized carbons (Fsp3) is 0.0909. The van der Waals surface area contributed by atoms with E-state index in [0.29, 0.717) is 17.5 Å². The molecule has 4 rings (SSSR count). The fourth-order valence-electron chi connectivity index (χ4n) is 2.92. The van der Waals surface area contributed by atoms with Crippen molar-refractivity contribution in [1.82, 2.24) is 19.9 Å². The Morgan fingerprint density at radius 1 is 0.828 bits per heavy atom. The molecule has 1 aromatic carbocycles. The van der Waals surface area contributed by atoms with E-state index < -0.39 is 0 Å². The molecule has 2 N–H and O–H groups in total. The summed E-state index contributed by atoms with van der Waals surface area (Å²) >= 11 is 0. The summed E-state index contributed by atoms with van der Waals surface area (Å²) in [6.45, 7) is 2.00. The van der Waals surface area contributed by atoms with Crippen molar-refractivity contribution in [3.05, 3.63) is 90.9 Å². The summed E-state index contributed by atoms with van der Waals surface area (Å²) < 4.78 is 13.2. The molecule has 0 saturated heterocycles. The zero-order valence-corrected chi connectivity index (χ0v) is 15.7. The summed E-state index contributed by atoms with van der Waals surface area (Å²) in [7, 11) is 0. The first-order chi connectivity index (χ1) is 14.2. The number of pyridine rings is 2. The van der Waals surface area contributed by atoms with E-state index in [1.54, 1.807) is 43.1 Å². The number of aromatic nitrogens is 4. The Bertz CT molecular complexity index is 1070. The molecule has 0 spiro atoms. The second-order valence-corrected chi connectivity index (χ2v) is 6.50. The first kappa shape index (κ1) is 18.5. The largest absolute Gasteiger partial charge is 0.363 e. The molecule has 0 aliphatic rings. The van der Waals surface area contributed by atoms with Gasteiger partial charge in [-0.25, -0.2) is 14.4 Å². The van der Waals surface area contributed by atoms with Gasteiger partial charge in [0.2, 0.25) is 0 Å². The maximum Gasteiger partial charge on any atom is 0.150 e. The number of nitrogens with one attached hydrogen (secondary N) is 2. The zero-order valence-electron chi connectivity index (χ0n) is 15.7. The van der Waals surface area contributed by atoms with Crippen molar-refractivity contribution in [3.63, 3.8) is 0 Å². The van der Waals surface area contributed by atoms with Crippen molar-refractivity contribution in [2.75, 3.05) is 10.6 Å². The van der Waals surface area contributed by atoms with Gasteiger partial charge in [-0.15, -0.1) is 0 Å². The number of anilines is 3. The minimum Gasteiger partial charge on any atom is -0.363 e. The maximum absolute atomic E-state index is 13.2. The van der Waals surface area contributed by atoms with E-state index in [0.717, 1.165) is 16.7 Å². The molecule has 0 unspecified atom stereocenters. The van der Waals surface area contributed by atoms with Crippen LogP contribution in [0.25, 0.3) is 11.1 Å². The molecule has 3 aromatic heterocycles. The van der Waals surface area contributed by atoms with Gasteiger partial charge in [-0.05, 0) is 48.4 Å². The van der Waals surface area contributed by atoms with Gasteiger partial charge in [-0.3, -0.25) is 9.97 Å². The second kappa shape index (κ2) is 8.43. The summed E-state index contributed by atoms with van der Waals surface area (Å²) in [5.74, 6) is 1.64. The van der Waals surface area contributed by atoms with Gasteiger partial charge < -0.3 is 10.6 Å². The zero-order chi connectivity index (χ0) is 20.1. The van der Waals surface area contributed by atoms with Gasteiger partial charge in [-0.1, -0.05) is 18.2 Å². The smallest absolute Gasteiger partial charge is 0.150 e. The molecule has 3 heterocycles. The SMILES string of the molecule is C[C@H](Nc1cc(-c2cccnc2)cc(Nc2cnccn2)n1)c1ccc(F)cc1. The fourth-order valence-corrected chi connectivity index (χ4v) is 2.92. The van der Waals surface area contributed by atoms with Crippen molar-refractivity contribution >= 4 is 17.5 Å². The number of nitrogens with zero attached hydrogens (tertiary/aromatic N) is 4. The van der Waals surface area contributed by atoms with Crippen LogP contribution < -0.4 is 10.6 Å². The van der Waals surface area contributed by atoms with Crippen molar-refractivity contribution in [2.24, 2.45) is 0 Å². The predicted molar refractivity (Wildman–Crippen MR) is 111 cm³/mol. The Kier molecular flexibility index (Phi) is 5.38. The van der Waals surface area contributed by atoms with E-state index >= 15 is 0 Å². The third-order valence-corrected chi connectivity index (χ3v) is 4.37. The van der Waals surface area contributed by atoms with Crippen molar-refractivity contribution in [2.45, 2.75) is 13.0 Å². The van der Waals surface area contributed by atoms with E-state index in [1.165, 1.54) is 12.1 Å². The van der Waals surface area contributed by atoms with Crippen molar-refractivity contribution in [1.29, 1.82) is 0 Å². The minimum atomic E-state index is -0.256. The summed E-state index contributed by atoms with van der Waals surface area (Å²) in [4.78, 5) is 17.2. The Morgan fingerprint density at radius 2 is 1.62 bits per heavy atom. The highest BCUT2D eigenvalue weighted by Crippen LogP contribution is 2.27. The third-order valence-electron chi connectivity index (χ3n) is 4.37. The standard InChI is InChI=1S/C22H19FN6/c1-15(16-4-6-19(23)7-5-16)27-20-11-18(17-3-2-8-24-13-17)12-21(28-20)29-22-14-25-9-10-26-22/h2-15H,1H3,(H2,26,27,28,29)/t15-/m0/s1. The molecule has 0 bridgehead atoms. The van der Waals surface area contributed by atoms with Gasteiger partial charge in [-0.2, -0.15) is 0 Å². The molecule has 0 fully saturated rings. The Balaban J connectivity index is 1.66. The summed E-state index contributed by atoms with van der Waals surface area (Å²) in [6.07, 6.45) is 8.39. The molecule has 0 aliphatic carbocycles. The number of halogens is 1. The lowest BCUT2D eigenvalue weighted by atomic mass is 10.1. The van der Waals surface area contributed by atoms with Crippen molar-refractivity contribution < 1.29 is 4.39 Å². The molecule has 6 nitrogen and oxygen atoms in total. The molecule has 0 radical (unpaired) electrons. The van der Waals surface area contributed by atoms with Gasteiger partial charge in [0, 0.05) is 36.4 Å². The Morgan fingerprint density at radius 3 is 2.34 bits per heavy atom. The van der Waals surface area contributed by atoms with Crippen LogP contribution in [0, 0.1) is 5.82 Å². The molecule has 29 heavy (non-hydrogen) atoms. The number of rotatable bonds is 6. The van der Waals surface area contributed by atoms with Gasteiger partial charge in [0.15, 0.2) is 0 Å². The highest BCUT2D eigenvalue weighted by atomic mass is 19.1. The average molecular weight is 386 g/mol. The van der Waals surface area contributed by atoms with Crippen LogP contribution in [-0.2, 0) is 0 Å². The van der Waals surface area contributed by atoms with Crippen LogP contribution in [0.3, 0.4) is 0 Å². The number of hydrogen-bond donors (Lipinski definition) is 2. The van der Waals surface area contributed by atoms with Gasteiger partial charge in [0.1, 0.15) is 23.3 Å². The molecule has 0 amide bonds. The van der Waals surface area contributed by atoms with Crippen LogP contribution in [0.1, 0.15) is 18.5 Å². The van der Waals surface area contributed by atoms with Crippen LogP contribution in [0.4, 0.5) is 21.8 Å². The van der Waals surface area contributed by atoms with E-state index in [2.05, 4.69) is 30.6 Å². The van der Waals surface area contributed by atoms with Crippen LogP contribution >= 0.6 is 0 Å². The van der Waals surface area contributed by atoms with Crippen LogP contribution in [0.5, 0.6) is 0 Å². The second-order valence-electron chi connectivity index (χ2n) is 6.50. The monoisotopic (exact) mass is 386 g/mol. The minimum absolute atomic E-state index is 0.0587. The number of hydrogen-bond acceptors (Lipinski definition) is 6. The highest BCUT2D eigenvalue weighted by molar-refractivity contribution is 5.71. The maximum atomic E-state index is 13.2. The predicted octanol–water partition coefficient (Wildman–Crippen LogP) is 4.99. The first-order valence-corrected chi connectivity index (χ1v) is 9.15. The van der Waals surface area contributed by atoms with Crippen molar-refractivity contribution in [3.8, 4) is 11.1 Å². The molecular weight excluding hydrogens is 367 g/mol. The van der Waals surface area contributed by atoms with Gasteiger partial charge in [0.05, 0.1) is 6.20 Å². The lowest BCUT2D eigenvalue weighted by Crippen LogP contribution is -2.09. The summed E-state index contributed by atoms with van der Waals surface area (Å²) in [6, 6.07) is 14.1. The molecule has 7 heteroatoms. The Labute approximate surface area is 167 Å². The molecule has 0 saturated carbocycles. The topological polar surface area (TPSA) is 75.6 Å². The van der Waals surface area contributed by atoms with Gasteiger partial charge in [0.25, 0.3) is 0 Å².